The molecule has 0 amide bonds. The fourth-order valence-corrected chi connectivity index (χ4v) is 5.93. The van der Waals surface area contributed by atoms with Crippen molar-refractivity contribution >= 4 is 34.6 Å². The molecule has 1 aromatic rings. The zero-order valence-electron chi connectivity index (χ0n) is 13.4. The minimum absolute atomic E-state index is 0.213. The van der Waals surface area contributed by atoms with Gasteiger partial charge in [0.05, 0.1) is 12.8 Å². The lowest BCUT2D eigenvalue weighted by molar-refractivity contribution is -0.00972. The van der Waals surface area contributed by atoms with Crippen LogP contribution in [0.2, 0.25) is 5.02 Å². The molecule has 5 heteroatoms. The number of anilines is 1. The fourth-order valence-electron chi connectivity index (χ4n) is 5.44. The van der Waals surface area contributed by atoms with Crippen molar-refractivity contribution in [2.45, 2.75) is 44.1 Å². The summed E-state index contributed by atoms with van der Waals surface area (Å²) in [6.45, 7) is 0. The Hall–Kier alpha value is -1.00. The number of methoxy groups -OCH3 is 1. The monoisotopic (exact) mass is 350 g/mol. The normalized spacial score (nSPS) is 34.3. The molecule has 3 nitrogen and oxygen atoms in total. The lowest BCUT2D eigenvalue weighted by Gasteiger charge is -2.57. The van der Waals surface area contributed by atoms with Crippen molar-refractivity contribution in [2.24, 2.45) is 17.8 Å². The minimum atomic E-state index is 0.213. The van der Waals surface area contributed by atoms with E-state index in [0.29, 0.717) is 10.1 Å². The van der Waals surface area contributed by atoms with Crippen LogP contribution < -0.4 is 15.4 Å². The van der Waals surface area contributed by atoms with Gasteiger partial charge in [-0.05, 0) is 86.7 Å². The Bertz CT molecular complexity index is 598. The van der Waals surface area contributed by atoms with Crippen molar-refractivity contribution in [3.8, 4) is 5.75 Å². The van der Waals surface area contributed by atoms with Gasteiger partial charge in [-0.1, -0.05) is 11.6 Å². The summed E-state index contributed by atoms with van der Waals surface area (Å²) in [6.07, 6.45) is 8.12. The Balaban J connectivity index is 1.47. The third kappa shape index (κ3) is 3.03. The van der Waals surface area contributed by atoms with Crippen LogP contribution in [0.1, 0.15) is 38.5 Å². The molecule has 4 fully saturated rings. The third-order valence-electron chi connectivity index (χ3n) is 5.83. The van der Waals surface area contributed by atoms with Crippen LogP contribution in [0.5, 0.6) is 5.75 Å². The van der Waals surface area contributed by atoms with Gasteiger partial charge >= 0.3 is 0 Å². The number of ether oxygens (including phenoxy) is 1. The molecule has 0 unspecified atom stereocenters. The van der Waals surface area contributed by atoms with E-state index >= 15 is 0 Å². The number of hydrogen-bond donors (Lipinski definition) is 2. The predicted octanol–water partition coefficient (Wildman–Crippen LogP) is 4.60. The first-order valence-electron chi connectivity index (χ1n) is 8.48. The predicted molar refractivity (Wildman–Crippen MR) is 98.3 cm³/mol. The van der Waals surface area contributed by atoms with Gasteiger partial charge in [0.25, 0.3) is 0 Å². The van der Waals surface area contributed by atoms with E-state index in [1.807, 2.05) is 18.2 Å². The van der Waals surface area contributed by atoms with Gasteiger partial charge in [-0.2, -0.15) is 0 Å². The lowest BCUT2D eigenvalue weighted by atomic mass is 9.53. The first-order chi connectivity index (χ1) is 11.0. The maximum absolute atomic E-state index is 6.10. The van der Waals surface area contributed by atoms with Crippen molar-refractivity contribution in [3.05, 3.63) is 23.2 Å². The van der Waals surface area contributed by atoms with Gasteiger partial charge in [-0.15, -0.1) is 0 Å². The average Bonchev–Trinajstić information content (AvgIpc) is 2.45. The van der Waals surface area contributed by atoms with Crippen LogP contribution in [0, 0.1) is 17.8 Å². The van der Waals surface area contributed by atoms with E-state index in [4.69, 9.17) is 28.6 Å². The molecule has 0 spiro atoms. The van der Waals surface area contributed by atoms with Gasteiger partial charge in [-0.25, -0.2) is 0 Å². The van der Waals surface area contributed by atoms with Gasteiger partial charge in [0.15, 0.2) is 5.11 Å². The Kier molecular flexibility index (Phi) is 3.93. The highest BCUT2D eigenvalue weighted by Gasteiger charge is 2.51. The van der Waals surface area contributed by atoms with E-state index in [1.54, 1.807) is 7.11 Å². The number of halogens is 1. The summed E-state index contributed by atoms with van der Waals surface area (Å²) in [5.41, 5.74) is 1.03. The molecule has 4 saturated carbocycles. The first-order valence-corrected chi connectivity index (χ1v) is 9.26. The Morgan fingerprint density at radius 2 is 1.78 bits per heavy atom. The smallest absolute Gasteiger partial charge is 0.171 e. The van der Waals surface area contributed by atoms with E-state index in [2.05, 4.69) is 10.6 Å². The summed E-state index contributed by atoms with van der Waals surface area (Å²) in [5, 5.41) is 8.31. The molecule has 0 atom stereocenters. The zero-order chi connectivity index (χ0) is 16.0. The highest BCUT2D eigenvalue weighted by Crippen LogP contribution is 2.55. The van der Waals surface area contributed by atoms with Crippen LogP contribution in [-0.2, 0) is 0 Å². The second-order valence-corrected chi connectivity index (χ2v) is 8.47. The molecule has 0 heterocycles. The Labute approximate surface area is 148 Å². The summed E-state index contributed by atoms with van der Waals surface area (Å²) >= 11 is 11.7. The Morgan fingerprint density at radius 3 is 2.35 bits per heavy atom. The van der Waals surface area contributed by atoms with Crippen LogP contribution in [0.3, 0.4) is 0 Å². The molecule has 0 saturated heterocycles. The van der Waals surface area contributed by atoms with Gasteiger partial charge in [0.2, 0.25) is 0 Å². The fraction of sp³-hybridized carbons (Fsp3) is 0.611. The maximum atomic E-state index is 6.10. The molecule has 124 valence electrons. The van der Waals surface area contributed by atoms with Gasteiger partial charge < -0.3 is 15.4 Å². The Morgan fingerprint density at radius 1 is 1.17 bits per heavy atom. The van der Waals surface area contributed by atoms with Crippen molar-refractivity contribution in [1.29, 1.82) is 0 Å². The van der Waals surface area contributed by atoms with E-state index in [9.17, 15) is 0 Å². The molecular formula is C18H23ClN2OS. The summed E-state index contributed by atoms with van der Waals surface area (Å²) in [5.74, 6) is 3.45. The van der Waals surface area contributed by atoms with E-state index in [0.717, 1.165) is 29.2 Å². The first kappa shape index (κ1) is 15.5. The van der Waals surface area contributed by atoms with Crippen molar-refractivity contribution in [3.63, 3.8) is 0 Å². The summed E-state index contributed by atoms with van der Waals surface area (Å²) in [6, 6.07) is 5.53. The number of rotatable bonds is 3. The third-order valence-corrected chi connectivity index (χ3v) is 6.27. The molecule has 0 aliphatic heterocycles. The number of benzene rings is 1. The summed E-state index contributed by atoms with van der Waals surface area (Å²) in [7, 11) is 1.66. The highest BCUT2D eigenvalue weighted by molar-refractivity contribution is 7.80. The second-order valence-electron chi connectivity index (χ2n) is 7.62. The van der Waals surface area contributed by atoms with Crippen LogP contribution in [0.4, 0.5) is 5.69 Å². The quantitative estimate of drug-likeness (QED) is 0.780. The topological polar surface area (TPSA) is 33.3 Å². The number of thiocarbonyl (C=S) groups is 1. The molecule has 0 radical (unpaired) electrons. The molecular weight excluding hydrogens is 328 g/mol. The van der Waals surface area contributed by atoms with Crippen molar-refractivity contribution in [1.82, 2.24) is 5.32 Å². The molecule has 2 N–H and O–H groups in total. The summed E-state index contributed by atoms with van der Waals surface area (Å²) < 4.78 is 5.39. The lowest BCUT2D eigenvalue weighted by Crippen LogP contribution is -2.60. The van der Waals surface area contributed by atoms with Crippen molar-refractivity contribution < 1.29 is 4.74 Å². The molecule has 1 aromatic carbocycles. The molecule has 23 heavy (non-hydrogen) atoms. The average molecular weight is 351 g/mol. The van der Waals surface area contributed by atoms with E-state index in [1.165, 1.54) is 38.5 Å². The second kappa shape index (κ2) is 5.82. The molecule has 0 aromatic heterocycles. The van der Waals surface area contributed by atoms with Crippen molar-refractivity contribution in [2.75, 3.05) is 12.4 Å². The zero-order valence-corrected chi connectivity index (χ0v) is 15.0. The van der Waals surface area contributed by atoms with E-state index < -0.39 is 0 Å². The molecule has 5 rings (SSSR count). The molecule has 4 bridgehead atoms. The SMILES string of the molecule is COc1ccc(Cl)cc1NC(=S)NC12CC3CC(CC(C3)C1)C2. The van der Waals surface area contributed by atoms with Crippen LogP contribution in [-0.4, -0.2) is 17.8 Å². The van der Waals surface area contributed by atoms with Crippen LogP contribution in [0.15, 0.2) is 18.2 Å². The van der Waals surface area contributed by atoms with Crippen LogP contribution >= 0.6 is 23.8 Å². The van der Waals surface area contributed by atoms with Gasteiger partial charge in [0, 0.05) is 10.6 Å². The standard InChI is InChI=1S/C18H23ClN2OS/c1-22-16-3-2-14(19)7-15(16)20-17(23)21-18-8-11-4-12(9-18)6-13(5-11)10-18/h2-3,7,11-13H,4-6,8-10H2,1H3,(H2,20,21,23). The number of hydrogen-bond acceptors (Lipinski definition) is 2. The van der Waals surface area contributed by atoms with Gasteiger partial charge in [0.1, 0.15) is 5.75 Å². The largest absolute Gasteiger partial charge is 0.495 e. The maximum Gasteiger partial charge on any atom is 0.171 e. The minimum Gasteiger partial charge on any atom is -0.495 e. The summed E-state index contributed by atoms with van der Waals surface area (Å²) in [4.78, 5) is 0. The van der Waals surface area contributed by atoms with E-state index in [-0.39, 0.29) is 5.54 Å². The van der Waals surface area contributed by atoms with Gasteiger partial charge in [-0.3, -0.25) is 0 Å². The number of nitrogens with one attached hydrogen (secondary N) is 2. The highest BCUT2D eigenvalue weighted by atomic mass is 35.5. The van der Waals surface area contributed by atoms with Crippen LogP contribution in [0.25, 0.3) is 0 Å². The molecule has 4 aliphatic carbocycles. The molecule has 4 aliphatic rings.